The quantitative estimate of drug-likeness (QED) is 0.775. The van der Waals surface area contributed by atoms with Crippen LogP contribution < -0.4 is 11.1 Å². The maximum Gasteiger partial charge on any atom is 0.222 e. The van der Waals surface area contributed by atoms with Gasteiger partial charge in [-0.05, 0) is 26.0 Å². The highest BCUT2D eigenvalue weighted by Gasteiger charge is 2.14. The van der Waals surface area contributed by atoms with Crippen molar-refractivity contribution in [1.29, 1.82) is 0 Å². The maximum atomic E-state index is 11.9. The first-order valence-electron chi connectivity index (χ1n) is 8.02. The molecule has 1 aromatic heterocycles. The van der Waals surface area contributed by atoms with Crippen molar-refractivity contribution in [2.75, 3.05) is 20.2 Å². The molecule has 0 bridgehead atoms. The van der Waals surface area contributed by atoms with E-state index in [0.717, 1.165) is 16.9 Å². The van der Waals surface area contributed by atoms with Crippen LogP contribution in [0.5, 0.6) is 0 Å². The number of nitrogens with zero attached hydrogens (tertiary/aromatic N) is 2. The normalized spacial score (nSPS) is 12.7. The van der Waals surface area contributed by atoms with E-state index in [2.05, 4.69) is 29.8 Å². The van der Waals surface area contributed by atoms with Crippen molar-refractivity contribution >= 4 is 16.9 Å². The number of carbonyl (C=O) groups is 1. The highest BCUT2D eigenvalue weighted by Crippen LogP contribution is 2.20. The van der Waals surface area contributed by atoms with Crippen molar-refractivity contribution in [2.45, 2.75) is 38.8 Å². The maximum absolute atomic E-state index is 11.9. The third-order valence-electron chi connectivity index (χ3n) is 3.87. The highest BCUT2D eigenvalue weighted by molar-refractivity contribution is 5.77. The number of imidazole rings is 1. The molecule has 6 heteroatoms. The summed E-state index contributed by atoms with van der Waals surface area (Å²) in [6.07, 6.45) is 0.752. The Hall–Kier alpha value is -1.92. The van der Waals surface area contributed by atoms with E-state index in [1.54, 1.807) is 7.11 Å². The molecule has 1 aromatic carbocycles. The van der Waals surface area contributed by atoms with Gasteiger partial charge < -0.3 is 20.4 Å². The van der Waals surface area contributed by atoms with Crippen LogP contribution in [0, 0.1) is 0 Å². The van der Waals surface area contributed by atoms with Crippen molar-refractivity contribution < 1.29 is 9.53 Å². The Kier molecular flexibility index (Phi) is 6.12. The van der Waals surface area contributed by atoms with E-state index in [1.165, 1.54) is 0 Å². The Morgan fingerprint density at radius 3 is 2.78 bits per heavy atom. The average Bonchev–Trinajstić information content (AvgIpc) is 2.90. The zero-order valence-electron chi connectivity index (χ0n) is 14.1. The summed E-state index contributed by atoms with van der Waals surface area (Å²) in [5, 5.41) is 2.91. The number of benzene rings is 1. The minimum Gasteiger partial charge on any atom is -0.380 e. The lowest BCUT2D eigenvalue weighted by Gasteiger charge is -2.14. The van der Waals surface area contributed by atoms with Crippen LogP contribution in [0.1, 0.15) is 32.1 Å². The van der Waals surface area contributed by atoms with Crippen LogP contribution in [0.15, 0.2) is 24.3 Å². The molecule has 6 nitrogen and oxygen atoms in total. The predicted octanol–water partition coefficient (Wildman–Crippen LogP) is 1.64. The smallest absolute Gasteiger partial charge is 0.222 e. The topological polar surface area (TPSA) is 82.2 Å². The SMILES string of the molecule is COC(CN)CC(=O)NCCc1nc2ccccc2n1C(C)C. The highest BCUT2D eigenvalue weighted by atomic mass is 16.5. The van der Waals surface area contributed by atoms with Gasteiger partial charge in [0, 0.05) is 32.7 Å². The monoisotopic (exact) mass is 318 g/mol. The molecule has 0 spiro atoms. The lowest BCUT2D eigenvalue weighted by molar-refractivity contribution is -0.123. The van der Waals surface area contributed by atoms with Crippen LogP contribution in [-0.4, -0.2) is 41.8 Å². The number of ether oxygens (including phenoxy) is 1. The Morgan fingerprint density at radius 1 is 1.39 bits per heavy atom. The van der Waals surface area contributed by atoms with E-state index in [9.17, 15) is 4.79 Å². The van der Waals surface area contributed by atoms with Gasteiger partial charge in [-0.3, -0.25) is 4.79 Å². The number of hydrogen-bond acceptors (Lipinski definition) is 4. The number of nitrogens with one attached hydrogen (secondary N) is 1. The van der Waals surface area contributed by atoms with Crippen molar-refractivity contribution in [3.8, 4) is 0 Å². The second-order valence-electron chi connectivity index (χ2n) is 5.88. The van der Waals surface area contributed by atoms with Gasteiger partial charge in [0.1, 0.15) is 5.82 Å². The summed E-state index contributed by atoms with van der Waals surface area (Å²) in [7, 11) is 1.57. The number of hydrogen-bond donors (Lipinski definition) is 2. The largest absolute Gasteiger partial charge is 0.380 e. The zero-order valence-corrected chi connectivity index (χ0v) is 14.1. The summed E-state index contributed by atoms with van der Waals surface area (Å²) >= 11 is 0. The van der Waals surface area contributed by atoms with Crippen LogP contribution in [0.25, 0.3) is 11.0 Å². The molecular formula is C17H26N4O2. The first kappa shape index (κ1) is 17.4. The molecule has 2 aromatic rings. The minimum absolute atomic E-state index is 0.0468. The van der Waals surface area contributed by atoms with Crippen molar-refractivity contribution in [2.24, 2.45) is 5.73 Å². The fourth-order valence-corrected chi connectivity index (χ4v) is 2.70. The number of carbonyl (C=O) groups excluding carboxylic acids is 1. The third kappa shape index (κ3) is 4.30. The van der Waals surface area contributed by atoms with E-state index in [-0.39, 0.29) is 18.4 Å². The molecule has 126 valence electrons. The summed E-state index contributed by atoms with van der Waals surface area (Å²) in [6, 6.07) is 8.42. The Balaban J connectivity index is 1.99. The number of amides is 1. The summed E-state index contributed by atoms with van der Waals surface area (Å²) in [4.78, 5) is 16.6. The van der Waals surface area contributed by atoms with Gasteiger partial charge in [0.25, 0.3) is 0 Å². The number of fused-ring (bicyclic) bond motifs is 1. The summed E-state index contributed by atoms with van der Waals surface area (Å²) in [5.74, 6) is 0.943. The van der Waals surface area contributed by atoms with E-state index < -0.39 is 0 Å². The number of nitrogens with two attached hydrogens (primary N) is 1. The van der Waals surface area contributed by atoms with Gasteiger partial charge in [0.05, 0.1) is 23.6 Å². The van der Waals surface area contributed by atoms with Gasteiger partial charge in [-0.25, -0.2) is 4.98 Å². The molecule has 3 N–H and O–H groups in total. The van der Waals surface area contributed by atoms with Crippen LogP contribution in [0.2, 0.25) is 0 Å². The molecule has 0 radical (unpaired) electrons. The number of aromatic nitrogens is 2. The van der Waals surface area contributed by atoms with Gasteiger partial charge in [-0.2, -0.15) is 0 Å². The molecule has 23 heavy (non-hydrogen) atoms. The molecule has 0 aliphatic heterocycles. The van der Waals surface area contributed by atoms with Gasteiger partial charge >= 0.3 is 0 Å². The summed E-state index contributed by atoms with van der Waals surface area (Å²) < 4.78 is 7.34. The average molecular weight is 318 g/mol. The van der Waals surface area contributed by atoms with Crippen molar-refractivity contribution in [1.82, 2.24) is 14.9 Å². The van der Waals surface area contributed by atoms with E-state index in [0.29, 0.717) is 25.6 Å². The van der Waals surface area contributed by atoms with E-state index in [1.807, 2.05) is 18.2 Å². The molecule has 0 saturated carbocycles. The lowest BCUT2D eigenvalue weighted by Crippen LogP contribution is -2.33. The molecule has 1 atom stereocenters. The molecule has 1 unspecified atom stereocenters. The fourth-order valence-electron chi connectivity index (χ4n) is 2.70. The Morgan fingerprint density at radius 2 is 2.13 bits per heavy atom. The molecule has 2 rings (SSSR count). The molecule has 0 saturated heterocycles. The standard InChI is InChI=1S/C17H26N4O2/c1-12(2)21-15-7-5-4-6-14(15)20-16(21)8-9-19-17(22)10-13(11-18)23-3/h4-7,12-13H,8-11,18H2,1-3H3,(H,19,22). The van der Waals surface area contributed by atoms with Gasteiger partial charge in [0.2, 0.25) is 5.91 Å². The van der Waals surface area contributed by atoms with Crippen molar-refractivity contribution in [3.63, 3.8) is 0 Å². The lowest BCUT2D eigenvalue weighted by atomic mass is 10.2. The van der Waals surface area contributed by atoms with Gasteiger partial charge in [-0.15, -0.1) is 0 Å². The molecule has 0 aliphatic rings. The first-order valence-corrected chi connectivity index (χ1v) is 8.02. The number of rotatable bonds is 8. The summed E-state index contributed by atoms with van der Waals surface area (Å²) in [6.45, 7) is 5.17. The van der Waals surface area contributed by atoms with Crippen LogP contribution >= 0.6 is 0 Å². The Bertz CT molecular complexity index is 647. The van der Waals surface area contributed by atoms with E-state index in [4.69, 9.17) is 15.5 Å². The second kappa shape index (κ2) is 8.08. The van der Waals surface area contributed by atoms with Crippen LogP contribution in [0.4, 0.5) is 0 Å². The first-order chi connectivity index (χ1) is 11.1. The molecule has 1 amide bonds. The number of methoxy groups -OCH3 is 1. The third-order valence-corrected chi connectivity index (χ3v) is 3.87. The minimum atomic E-state index is -0.227. The second-order valence-corrected chi connectivity index (χ2v) is 5.88. The van der Waals surface area contributed by atoms with E-state index >= 15 is 0 Å². The zero-order chi connectivity index (χ0) is 16.8. The summed E-state index contributed by atoms with van der Waals surface area (Å²) in [5.41, 5.74) is 7.65. The van der Waals surface area contributed by atoms with Crippen LogP contribution in [-0.2, 0) is 16.0 Å². The molecule has 0 aliphatic carbocycles. The molecule has 0 fully saturated rings. The van der Waals surface area contributed by atoms with Gasteiger partial charge in [-0.1, -0.05) is 12.1 Å². The van der Waals surface area contributed by atoms with Crippen molar-refractivity contribution in [3.05, 3.63) is 30.1 Å². The molecular weight excluding hydrogens is 292 g/mol. The Labute approximate surface area is 137 Å². The fraction of sp³-hybridized carbons (Fsp3) is 0.529. The van der Waals surface area contributed by atoms with Crippen LogP contribution in [0.3, 0.4) is 0 Å². The van der Waals surface area contributed by atoms with Gasteiger partial charge in [0.15, 0.2) is 0 Å². The molecule has 1 heterocycles. The predicted molar refractivity (Wildman–Crippen MR) is 91.3 cm³/mol. The number of para-hydroxylation sites is 2.